The summed E-state index contributed by atoms with van der Waals surface area (Å²) in [6.45, 7) is 16.1. The van der Waals surface area contributed by atoms with Crippen molar-refractivity contribution >= 4 is 12.6 Å². The van der Waals surface area contributed by atoms with E-state index in [0.717, 1.165) is 12.1 Å². The molecule has 1 heterocycles. The smallest absolute Gasteiger partial charge is 0.416 e. The number of alkyl halides is 3. The van der Waals surface area contributed by atoms with Crippen molar-refractivity contribution < 1.29 is 22.6 Å². The van der Waals surface area contributed by atoms with Crippen LogP contribution in [0, 0.1) is 0 Å². The summed E-state index contributed by atoms with van der Waals surface area (Å²) in [5.74, 6) is -0.0701. The summed E-state index contributed by atoms with van der Waals surface area (Å²) >= 11 is 0. The number of hydrogen-bond donors (Lipinski definition) is 1. The Morgan fingerprint density at radius 3 is 2.41 bits per heavy atom. The number of nitrogens with one attached hydrogen (secondary N) is 1. The summed E-state index contributed by atoms with van der Waals surface area (Å²) in [5.41, 5.74) is -0.453. The molecule has 1 aromatic carbocycles. The third-order valence-corrected chi connectivity index (χ3v) is 3.12. The average Bonchev–Trinajstić information content (AvgIpc) is 2.70. The molecule has 0 amide bonds. The van der Waals surface area contributed by atoms with Gasteiger partial charge in [-0.1, -0.05) is 34.3 Å². The maximum absolute atomic E-state index is 13.1. The van der Waals surface area contributed by atoms with Crippen molar-refractivity contribution in [3.8, 4) is 5.75 Å². The second kappa shape index (κ2) is 13.1. The topological polar surface area (TPSA) is 55.2 Å². The molecule has 0 aromatic heterocycles. The normalized spacial score (nSPS) is 16.9. The van der Waals surface area contributed by atoms with E-state index in [9.17, 15) is 13.2 Å². The predicted molar refractivity (Wildman–Crippen MR) is 104 cm³/mol. The number of hydrogen-bond acceptors (Lipinski definition) is 5. The molecule has 8 heteroatoms. The fourth-order valence-electron chi connectivity index (χ4n) is 2.10. The molecule has 1 fully saturated rings. The molecular formula is C19H28F3N3O2. The first-order valence-corrected chi connectivity index (χ1v) is 8.82. The van der Waals surface area contributed by atoms with E-state index in [0.29, 0.717) is 25.3 Å². The van der Waals surface area contributed by atoms with Gasteiger partial charge in [0.15, 0.2) is 0 Å². The van der Waals surface area contributed by atoms with Crippen LogP contribution in [-0.4, -0.2) is 32.3 Å². The lowest BCUT2D eigenvalue weighted by molar-refractivity contribution is -0.137. The number of benzene rings is 1. The SMILES string of the molecule is C=C/C(=N\N=C)Oc1cc([C@@H]2CNCCO2)cc(C(F)(F)F)c1.CC.CC. The predicted octanol–water partition coefficient (Wildman–Crippen LogP) is 5.00. The summed E-state index contributed by atoms with van der Waals surface area (Å²) < 4.78 is 50.1. The maximum atomic E-state index is 13.1. The van der Waals surface area contributed by atoms with Gasteiger partial charge in [0, 0.05) is 19.8 Å². The van der Waals surface area contributed by atoms with Gasteiger partial charge in [-0.2, -0.15) is 18.3 Å². The highest BCUT2D eigenvalue weighted by Gasteiger charge is 2.32. The van der Waals surface area contributed by atoms with Gasteiger partial charge in [-0.05, 0) is 29.8 Å². The van der Waals surface area contributed by atoms with Gasteiger partial charge in [-0.3, -0.25) is 0 Å². The van der Waals surface area contributed by atoms with Gasteiger partial charge in [-0.25, -0.2) is 0 Å². The van der Waals surface area contributed by atoms with Crippen LogP contribution in [0.15, 0.2) is 41.1 Å². The van der Waals surface area contributed by atoms with Crippen LogP contribution < -0.4 is 10.1 Å². The zero-order valence-corrected chi connectivity index (χ0v) is 16.3. The van der Waals surface area contributed by atoms with Gasteiger partial charge in [0.25, 0.3) is 0 Å². The molecule has 27 heavy (non-hydrogen) atoms. The maximum Gasteiger partial charge on any atom is 0.416 e. The van der Waals surface area contributed by atoms with Crippen LogP contribution >= 0.6 is 0 Å². The lowest BCUT2D eigenvalue weighted by atomic mass is 10.0. The molecule has 0 radical (unpaired) electrons. The molecule has 0 bridgehead atoms. The highest BCUT2D eigenvalue weighted by atomic mass is 19.4. The highest BCUT2D eigenvalue weighted by Crippen LogP contribution is 2.35. The number of rotatable bonds is 4. The molecule has 0 aliphatic carbocycles. The molecule has 0 spiro atoms. The molecule has 1 N–H and O–H groups in total. The average molecular weight is 387 g/mol. The van der Waals surface area contributed by atoms with Crippen molar-refractivity contribution in [3.63, 3.8) is 0 Å². The van der Waals surface area contributed by atoms with Crippen molar-refractivity contribution in [1.82, 2.24) is 5.32 Å². The summed E-state index contributed by atoms with van der Waals surface area (Å²) in [6.07, 6.45) is -3.75. The van der Waals surface area contributed by atoms with Crippen molar-refractivity contribution in [3.05, 3.63) is 42.0 Å². The van der Waals surface area contributed by atoms with Crippen molar-refractivity contribution in [2.45, 2.75) is 40.0 Å². The van der Waals surface area contributed by atoms with Crippen LogP contribution in [0.3, 0.4) is 0 Å². The summed E-state index contributed by atoms with van der Waals surface area (Å²) in [5, 5.41) is 9.88. The minimum Gasteiger partial charge on any atom is -0.438 e. The molecule has 0 saturated carbocycles. The fourth-order valence-corrected chi connectivity index (χ4v) is 2.10. The second-order valence-corrected chi connectivity index (χ2v) is 4.74. The van der Waals surface area contributed by atoms with E-state index < -0.39 is 17.8 Å². The fraction of sp³-hybridized carbons (Fsp3) is 0.474. The molecule has 1 saturated heterocycles. The number of ether oxygens (including phenoxy) is 2. The molecule has 2 rings (SSSR count). The van der Waals surface area contributed by atoms with Gasteiger partial charge in [0.2, 0.25) is 5.90 Å². The van der Waals surface area contributed by atoms with Crippen molar-refractivity contribution in [2.24, 2.45) is 10.2 Å². The van der Waals surface area contributed by atoms with Gasteiger partial charge < -0.3 is 14.8 Å². The molecular weight excluding hydrogens is 359 g/mol. The molecule has 1 atom stereocenters. The van der Waals surface area contributed by atoms with Crippen LogP contribution in [0.4, 0.5) is 13.2 Å². The van der Waals surface area contributed by atoms with Crippen LogP contribution in [-0.2, 0) is 10.9 Å². The monoisotopic (exact) mass is 387 g/mol. The number of morpholine rings is 1. The van der Waals surface area contributed by atoms with Gasteiger partial charge in [0.1, 0.15) is 5.75 Å². The lowest BCUT2D eigenvalue weighted by Gasteiger charge is -2.25. The van der Waals surface area contributed by atoms with E-state index in [2.05, 4.69) is 28.8 Å². The van der Waals surface area contributed by atoms with E-state index in [4.69, 9.17) is 9.47 Å². The zero-order valence-electron chi connectivity index (χ0n) is 16.3. The Morgan fingerprint density at radius 2 is 1.93 bits per heavy atom. The van der Waals surface area contributed by atoms with E-state index in [1.54, 1.807) is 0 Å². The van der Waals surface area contributed by atoms with Crippen molar-refractivity contribution in [2.75, 3.05) is 19.7 Å². The van der Waals surface area contributed by atoms with E-state index >= 15 is 0 Å². The Morgan fingerprint density at radius 1 is 1.26 bits per heavy atom. The van der Waals surface area contributed by atoms with Crippen molar-refractivity contribution in [1.29, 1.82) is 0 Å². The molecule has 5 nitrogen and oxygen atoms in total. The third-order valence-electron chi connectivity index (χ3n) is 3.12. The Hall–Kier alpha value is -2.19. The molecule has 152 valence electrons. The molecule has 1 aliphatic rings. The Balaban J connectivity index is 0.00000158. The lowest BCUT2D eigenvalue weighted by Crippen LogP contribution is -2.33. The van der Waals surface area contributed by atoms with Crippen LogP contribution in [0.1, 0.15) is 44.9 Å². The largest absolute Gasteiger partial charge is 0.438 e. The first kappa shape index (κ1) is 24.8. The minimum absolute atomic E-state index is 0.0219. The van der Waals surface area contributed by atoms with Crippen LogP contribution in [0.25, 0.3) is 0 Å². The summed E-state index contributed by atoms with van der Waals surface area (Å²) in [4.78, 5) is 0. The Bertz CT molecular complexity index is 611. The zero-order chi connectivity index (χ0) is 20.9. The molecule has 1 aliphatic heterocycles. The van der Waals surface area contributed by atoms with Gasteiger partial charge in [-0.15, -0.1) is 5.10 Å². The number of nitrogens with zero attached hydrogens (tertiary/aromatic N) is 2. The van der Waals surface area contributed by atoms with Gasteiger partial charge in [0.05, 0.1) is 18.3 Å². The van der Waals surface area contributed by atoms with E-state index in [1.807, 2.05) is 27.7 Å². The van der Waals surface area contributed by atoms with E-state index in [-0.39, 0.29) is 11.6 Å². The number of halogens is 3. The minimum atomic E-state index is -4.50. The third kappa shape index (κ3) is 8.36. The van der Waals surface area contributed by atoms with E-state index in [1.165, 1.54) is 12.1 Å². The Kier molecular flexibility index (Phi) is 12.0. The quantitative estimate of drug-likeness (QED) is 0.449. The molecule has 0 unspecified atom stereocenters. The molecule has 1 aromatic rings. The standard InChI is InChI=1S/C15H16F3N3O2.2C2H6/c1-3-14(21-19-2)23-12-7-10(13-9-20-4-5-22-13)6-11(8-12)15(16,17)18;2*1-2/h3,6-8,13,20H,1-2,4-5,9H2;2*1-2H3/b21-14+;;/t13-;;/m0../s1. The van der Waals surface area contributed by atoms with Gasteiger partial charge >= 0.3 is 6.18 Å². The summed E-state index contributed by atoms with van der Waals surface area (Å²) in [7, 11) is 0. The summed E-state index contributed by atoms with van der Waals surface area (Å²) in [6, 6.07) is 3.43. The Labute approximate surface area is 159 Å². The second-order valence-electron chi connectivity index (χ2n) is 4.74. The van der Waals surface area contributed by atoms with Crippen LogP contribution in [0.2, 0.25) is 0 Å². The first-order valence-electron chi connectivity index (χ1n) is 8.82. The highest BCUT2D eigenvalue weighted by molar-refractivity contribution is 5.89. The first-order chi connectivity index (χ1) is 12.9. The van der Waals surface area contributed by atoms with Crippen LogP contribution in [0.5, 0.6) is 5.75 Å².